The molecule has 110 valence electrons. The third kappa shape index (κ3) is 5.27. The Bertz CT molecular complexity index is 463. The fraction of sp³-hybridized carbons (Fsp3) is 0.429. The minimum atomic E-state index is -0.551. The zero-order valence-electron chi connectivity index (χ0n) is 11.8. The molecule has 0 saturated heterocycles. The predicted octanol–water partition coefficient (Wildman–Crippen LogP) is 2.18. The van der Waals surface area contributed by atoms with Crippen LogP contribution in [0.2, 0.25) is 0 Å². The Morgan fingerprint density at radius 3 is 2.55 bits per heavy atom. The number of carbonyl (C=O) groups excluding carboxylic acids is 2. The number of rotatable bonds is 6. The van der Waals surface area contributed by atoms with Gasteiger partial charge in [-0.3, -0.25) is 10.1 Å². The van der Waals surface area contributed by atoms with Gasteiger partial charge in [-0.1, -0.05) is 13.0 Å². The number of benzene rings is 1. The summed E-state index contributed by atoms with van der Waals surface area (Å²) in [5, 5.41) is 5.35. The van der Waals surface area contributed by atoms with Crippen molar-refractivity contribution in [3.63, 3.8) is 0 Å². The fourth-order valence-electron chi connectivity index (χ4n) is 1.66. The molecule has 0 aliphatic carbocycles. The number of nitrogens with two attached hydrogens (primary N) is 1. The summed E-state index contributed by atoms with van der Waals surface area (Å²) in [5.41, 5.74) is 6.61. The summed E-state index contributed by atoms with van der Waals surface area (Å²) in [6.45, 7) is 2.44. The first kappa shape index (κ1) is 16.0. The minimum absolute atomic E-state index is 0.0614. The van der Waals surface area contributed by atoms with Gasteiger partial charge in [0.1, 0.15) is 0 Å². The highest BCUT2D eigenvalue weighted by molar-refractivity contribution is 5.93. The van der Waals surface area contributed by atoms with E-state index in [1.165, 1.54) is 7.11 Å². The van der Waals surface area contributed by atoms with Crippen LogP contribution in [0.15, 0.2) is 24.3 Å². The van der Waals surface area contributed by atoms with Crippen LogP contribution in [0.25, 0.3) is 0 Å². The highest BCUT2D eigenvalue weighted by Crippen LogP contribution is 2.17. The summed E-state index contributed by atoms with van der Waals surface area (Å²) < 4.78 is 4.51. The molecule has 0 radical (unpaired) electrons. The number of hydrogen-bond donors (Lipinski definition) is 3. The highest BCUT2D eigenvalue weighted by atomic mass is 16.5. The van der Waals surface area contributed by atoms with Gasteiger partial charge in [0.25, 0.3) is 0 Å². The predicted molar refractivity (Wildman–Crippen MR) is 78.6 cm³/mol. The molecule has 0 spiro atoms. The third-order valence-electron chi connectivity index (χ3n) is 2.85. The summed E-state index contributed by atoms with van der Waals surface area (Å²) in [6.07, 6.45) is 1.02. The van der Waals surface area contributed by atoms with Gasteiger partial charge in [-0.15, -0.1) is 0 Å². The second-order valence-corrected chi connectivity index (χ2v) is 4.52. The van der Waals surface area contributed by atoms with E-state index >= 15 is 0 Å². The van der Waals surface area contributed by atoms with Crippen molar-refractivity contribution in [3.8, 4) is 0 Å². The normalized spacial score (nSPS) is 11.6. The lowest BCUT2D eigenvalue weighted by Gasteiger charge is -2.12. The van der Waals surface area contributed by atoms with Crippen molar-refractivity contribution in [3.05, 3.63) is 24.3 Å². The van der Waals surface area contributed by atoms with Crippen LogP contribution in [0.5, 0.6) is 0 Å². The highest BCUT2D eigenvalue weighted by Gasteiger charge is 2.12. The lowest BCUT2D eigenvalue weighted by atomic mass is 10.0. The van der Waals surface area contributed by atoms with Crippen LogP contribution < -0.4 is 16.4 Å². The van der Waals surface area contributed by atoms with Crippen LogP contribution in [-0.2, 0) is 9.53 Å². The maximum absolute atomic E-state index is 11.9. The van der Waals surface area contributed by atoms with E-state index in [-0.39, 0.29) is 11.8 Å². The zero-order valence-corrected chi connectivity index (χ0v) is 11.8. The molecule has 4 N–H and O–H groups in total. The lowest BCUT2D eigenvalue weighted by molar-refractivity contribution is -0.119. The summed E-state index contributed by atoms with van der Waals surface area (Å²) >= 11 is 0. The van der Waals surface area contributed by atoms with Crippen molar-refractivity contribution in [1.29, 1.82) is 0 Å². The van der Waals surface area contributed by atoms with Gasteiger partial charge in [-0.25, -0.2) is 4.79 Å². The Hall–Kier alpha value is -2.08. The van der Waals surface area contributed by atoms with E-state index in [4.69, 9.17) is 5.73 Å². The van der Waals surface area contributed by atoms with Gasteiger partial charge in [0.15, 0.2) is 0 Å². The Labute approximate surface area is 118 Å². The summed E-state index contributed by atoms with van der Waals surface area (Å²) in [6, 6.07) is 6.89. The third-order valence-corrected chi connectivity index (χ3v) is 2.85. The number of nitrogens with one attached hydrogen (secondary N) is 2. The number of anilines is 2. The first-order valence-electron chi connectivity index (χ1n) is 6.52. The molecule has 1 unspecified atom stereocenters. The molecule has 1 rings (SSSR count). The summed E-state index contributed by atoms with van der Waals surface area (Å²) in [4.78, 5) is 23.1. The van der Waals surface area contributed by atoms with Crippen LogP contribution in [0, 0.1) is 5.92 Å². The number of carbonyl (C=O) groups is 2. The second kappa shape index (κ2) is 8.16. The van der Waals surface area contributed by atoms with E-state index in [1.54, 1.807) is 24.3 Å². The van der Waals surface area contributed by atoms with Crippen molar-refractivity contribution in [2.24, 2.45) is 11.7 Å². The molecule has 0 heterocycles. The van der Waals surface area contributed by atoms with Gasteiger partial charge >= 0.3 is 6.09 Å². The van der Waals surface area contributed by atoms with Crippen LogP contribution in [-0.4, -0.2) is 25.7 Å². The van der Waals surface area contributed by atoms with Crippen LogP contribution >= 0.6 is 0 Å². The monoisotopic (exact) mass is 279 g/mol. The maximum Gasteiger partial charge on any atom is 0.411 e. The van der Waals surface area contributed by atoms with Crippen molar-refractivity contribution >= 4 is 23.4 Å². The first-order chi connectivity index (χ1) is 9.56. The van der Waals surface area contributed by atoms with Gasteiger partial charge in [0.05, 0.1) is 7.11 Å². The smallest absolute Gasteiger partial charge is 0.411 e. The quantitative estimate of drug-likeness (QED) is 0.744. The fourth-order valence-corrected chi connectivity index (χ4v) is 1.66. The van der Waals surface area contributed by atoms with Crippen LogP contribution in [0.1, 0.15) is 19.8 Å². The minimum Gasteiger partial charge on any atom is -0.453 e. The Morgan fingerprint density at radius 2 is 1.95 bits per heavy atom. The number of hydrogen-bond acceptors (Lipinski definition) is 4. The average Bonchev–Trinajstić information content (AvgIpc) is 2.44. The van der Waals surface area contributed by atoms with E-state index < -0.39 is 6.09 Å². The molecular formula is C14H21N3O3. The molecule has 0 aromatic heterocycles. The van der Waals surface area contributed by atoms with E-state index in [9.17, 15) is 9.59 Å². The molecule has 2 amide bonds. The topological polar surface area (TPSA) is 93.5 Å². The Balaban J connectivity index is 2.61. The molecule has 0 fully saturated rings. The molecule has 6 nitrogen and oxygen atoms in total. The number of amides is 2. The molecule has 20 heavy (non-hydrogen) atoms. The summed E-state index contributed by atoms with van der Waals surface area (Å²) in [5.74, 6) is -0.163. The molecule has 0 aliphatic heterocycles. The van der Waals surface area contributed by atoms with Gasteiger partial charge in [-0.2, -0.15) is 0 Å². The van der Waals surface area contributed by atoms with Gasteiger partial charge in [0, 0.05) is 17.3 Å². The van der Waals surface area contributed by atoms with Crippen molar-refractivity contribution in [1.82, 2.24) is 0 Å². The lowest BCUT2D eigenvalue weighted by Crippen LogP contribution is -2.21. The standard InChI is InChI=1S/C14H21N3O3/c1-10(5-4-8-15)13(18)16-11-6-3-7-12(9-11)17-14(19)20-2/h3,6-7,9-10H,4-5,8,15H2,1-2H3,(H,16,18)(H,17,19). The molecule has 0 saturated carbocycles. The molecular weight excluding hydrogens is 258 g/mol. The zero-order chi connectivity index (χ0) is 15.0. The Morgan fingerprint density at radius 1 is 1.30 bits per heavy atom. The maximum atomic E-state index is 11.9. The Kier molecular flexibility index (Phi) is 6.52. The molecule has 1 aromatic rings. The SMILES string of the molecule is COC(=O)Nc1cccc(NC(=O)C(C)CCCN)c1. The largest absolute Gasteiger partial charge is 0.453 e. The second-order valence-electron chi connectivity index (χ2n) is 4.52. The average molecular weight is 279 g/mol. The summed E-state index contributed by atoms with van der Waals surface area (Å²) in [7, 11) is 1.29. The number of methoxy groups -OCH3 is 1. The van der Waals surface area contributed by atoms with Crippen LogP contribution in [0.4, 0.5) is 16.2 Å². The molecule has 1 atom stereocenters. The van der Waals surface area contributed by atoms with E-state index in [1.807, 2.05) is 6.92 Å². The van der Waals surface area contributed by atoms with Gasteiger partial charge in [-0.05, 0) is 37.6 Å². The van der Waals surface area contributed by atoms with Gasteiger partial charge in [0.2, 0.25) is 5.91 Å². The molecule has 0 aliphatic rings. The van der Waals surface area contributed by atoms with Gasteiger partial charge < -0.3 is 15.8 Å². The number of ether oxygens (including phenoxy) is 1. The van der Waals surface area contributed by atoms with Crippen molar-refractivity contribution in [2.75, 3.05) is 24.3 Å². The molecule has 6 heteroatoms. The van der Waals surface area contributed by atoms with E-state index in [0.717, 1.165) is 12.8 Å². The van der Waals surface area contributed by atoms with Crippen molar-refractivity contribution < 1.29 is 14.3 Å². The van der Waals surface area contributed by atoms with E-state index in [2.05, 4.69) is 15.4 Å². The molecule has 0 bridgehead atoms. The molecule has 1 aromatic carbocycles. The van der Waals surface area contributed by atoms with Crippen LogP contribution in [0.3, 0.4) is 0 Å². The van der Waals surface area contributed by atoms with Crippen molar-refractivity contribution in [2.45, 2.75) is 19.8 Å². The first-order valence-corrected chi connectivity index (χ1v) is 6.52. The van der Waals surface area contributed by atoms with E-state index in [0.29, 0.717) is 17.9 Å².